The maximum atomic E-state index is 11.9. The summed E-state index contributed by atoms with van der Waals surface area (Å²) in [4.78, 5) is 23.9. The van der Waals surface area contributed by atoms with Gasteiger partial charge in [0.1, 0.15) is 5.69 Å². The minimum absolute atomic E-state index is 0.153. The van der Waals surface area contributed by atoms with Gasteiger partial charge in [-0.25, -0.2) is 0 Å². The Bertz CT molecular complexity index is 816. The molecule has 0 radical (unpaired) electrons. The van der Waals surface area contributed by atoms with Gasteiger partial charge in [-0.05, 0) is 30.7 Å². The van der Waals surface area contributed by atoms with Gasteiger partial charge in [0, 0.05) is 36.4 Å². The quantitative estimate of drug-likeness (QED) is 0.588. The van der Waals surface area contributed by atoms with E-state index in [4.69, 9.17) is 11.1 Å². The Morgan fingerprint density at radius 2 is 1.96 bits per heavy atom. The van der Waals surface area contributed by atoms with Crippen LogP contribution in [0.1, 0.15) is 23.0 Å². The molecule has 130 valence electrons. The van der Waals surface area contributed by atoms with Crippen molar-refractivity contribution in [2.24, 2.45) is 12.8 Å². The molecule has 0 aliphatic heterocycles. The van der Waals surface area contributed by atoms with E-state index >= 15 is 0 Å². The van der Waals surface area contributed by atoms with E-state index in [-0.39, 0.29) is 18.4 Å². The van der Waals surface area contributed by atoms with Crippen LogP contribution in [-0.4, -0.2) is 34.4 Å². The van der Waals surface area contributed by atoms with Crippen molar-refractivity contribution in [1.29, 1.82) is 5.41 Å². The molecule has 0 aliphatic rings. The van der Waals surface area contributed by atoms with E-state index in [0.29, 0.717) is 22.7 Å². The van der Waals surface area contributed by atoms with E-state index in [1.54, 1.807) is 44.3 Å². The number of anilines is 1. The molecule has 0 saturated heterocycles. The predicted octanol–water partition coefficient (Wildman–Crippen LogP) is 1.13. The molecular formula is C17H20N6O2. The van der Waals surface area contributed by atoms with E-state index < -0.39 is 0 Å². The first-order valence-corrected chi connectivity index (χ1v) is 7.55. The molecule has 1 aromatic carbocycles. The van der Waals surface area contributed by atoms with Crippen molar-refractivity contribution in [3.8, 4) is 0 Å². The third-order valence-corrected chi connectivity index (χ3v) is 3.51. The van der Waals surface area contributed by atoms with Gasteiger partial charge in [0.25, 0.3) is 5.91 Å². The molecule has 0 aliphatic carbocycles. The molecule has 5 N–H and O–H groups in total. The lowest BCUT2D eigenvalue weighted by atomic mass is 10.0. The van der Waals surface area contributed by atoms with Gasteiger partial charge in [-0.15, -0.1) is 0 Å². The Hall–Kier alpha value is -3.42. The molecule has 8 nitrogen and oxygen atoms in total. The van der Waals surface area contributed by atoms with Crippen molar-refractivity contribution in [3.63, 3.8) is 0 Å². The topological polar surface area (TPSA) is 126 Å². The number of hydrogen-bond donors (Lipinski definition) is 4. The largest absolute Gasteiger partial charge is 0.402 e. The summed E-state index contributed by atoms with van der Waals surface area (Å²) in [6.45, 7) is 1.57. The Kier molecular flexibility index (Phi) is 5.67. The maximum absolute atomic E-state index is 11.9. The van der Waals surface area contributed by atoms with Gasteiger partial charge in [-0.3, -0.25) is 14.3 Å². The molecule has 0 saturated carbocycles. The number of aromatic nitrogens is 2. The predicted molar refractivity (Wildman–Crippen MR) is 96.2 cm³/mol. The van der Waals surface area contributed by atoms with E-state index in [1.807, 2.05) is 0 Å². The lowest BCUT2D eigenvalue weighted by Crippen LogP contribution is -2.33. The third-order valence-electron chi connectivity index (χ3n) is 3.51. The van der Waals surface area contributed by atoms with Crippen LogP contribution in [0.5, 0.6) is 0 Å². The molecule has 25 heavy (non-hydrogen) atoms. The number of benzene rings is 1. The van der Waals surface area contributed by atoms with Crippen LogP contribution < -0.4 is 16.4 Å². The minimum Gasteiger partial charge on any atom is -0.402 e. The van der Waals surface area contributed by atoms with E-state index in [2.05, 4.69) is 15.7 Å². The highest BCUT2D eigenvalue weighted by Crippen LogP contribution is 2.17. The summed E-state index contributed by atoms with van der Waals surface area (Å²) >= 11 is 0. The lowest BCUT2D eigenvalue weighted by molar-refractivity contribution is -0.115. The van der Waals surface area contributed by atoms with Crippen molar-refractivity contribution >= 4 is 29.3 Å². The highest BCUT2D eigenvalue weighted by molar-refractivity contribution is 6.09. The van der Waals surface area contributed by atoms with Crippen LogP contribution in [0.4, 0.5) is 5.69 Å². The van der Waals surface area contributed by atoms with Gasteiger partial charge in [0.2, 0.25) is 5.91 Å². The van der Waals surface area contributed by atoms with Crippen LogP contribution in [0.25, 0.3) is 5.57 Å². The second-order valence-electron chi connectivity index (χ2n) is 5.39. The first-order valence-electron chi connectivity index (χ1n) is 7.55. The molecule has 0 bridgehead atoms. The highest BCUT2D eigenvalue weighted by atomic mass is 16.2. The summed E-state index contributed by atoms with van der Waals surface area (Å²) < 4.78 is 1.43. The molecule has 0 spiro atoms. The summed E-state index contributed by atoms with van der Waals surface area (Å²) in [5.74, 6) is -0.717. The van der Waals surface area contributed by atoms with Gasteiger partial charge in [0.15, 0.2) is 0 Å². The maximum Gasteiger partial charge on any atom is 0.269 e. The number of rotatable bonds is 6. The fourth-order valence-electron chi connectivity index (χ4n) is 2.21. The van der Waals surface area contributed by atoms with Gasteiger partial charge in [0.05, 0.1) is 6.54 Å². The zero-order valence-corrected chi connectivity index (χ0v) is 14.0. The average Bonchev–Trinajstić information content (AvgIpc) is 3.00. The second-order valence-corrected chi connectivity index (χ2v) is 5.39. The van der Waals surface area contributed by atoms with Crippen molar-refractivity contribution < 1.29 is 9.59 Å². The number of carbonyl (C=O) groups is 2. The van der Waals surface area contributed by atoms with Gasteiger partial charge in [-0.2, -0.15) is 5.10 Å². The number of carbonyl (C=O) groups excluding carboxylic acids is 2. The zero-order chi connectivity index (χ0) is 18.4. The first kappa shape index (κ1) is 17.9. The highest BCUT2D eigenvalue weighted by Gasteiger charge is 2.11. The van der Waals surface area contributed by atoms with Crippen LogP contribution in [0.2, 0.25) is 0 Å². The summed E-state index contributed by atoms with van der Waals surface area (Å²) in [5, 5.41) is 16.5. The van der Waals surface area contributed by atoms with Gasteiger partial charge in [-0.1, -0.05) is 12.1 Å². The Morgan fingerprint density at radius 1 is 1.28 bits per heavy atom. The molecule has 1 heterocycles. The summed E-state index contributed by atoms with van der Waals surface area (Å²) in [6.07, 6.45) is 2.70. The smallest absolute Gasteiger partial charge is 0.269 e. The molecule has 0 fully saturated rings. The molecule has 2 aromatic rings. The zero-order valence-electron chi connectivity index (χ0n) is 14.0. The second kappa shape index (κ2) is 7.91. The van der Waals surface area contributed by atoms with Crippen LogP contribution in [0.15, 0.2) is 42.2 Å². The Balaban J connectivity index is 1.93. The van der Waals surface area contributed by atoms with Crippen LogP contribution in [-0.2, 0) is 11.8 Å². The first-order chi connectivity index (χ1) is 11.9. The Labute approximate surface area is 145 Å². The summed E-state index contributed by atoms with van der Waals surface area (Å²) in [6, 6.07) is 8.52. The van der Waals surface area contributed by atoms with E-state index in [1.165, 1.54) is 17.1 Å². The number of hydrogen-bond acceptors (Lipinski definition) is 5. The SMILES string of the molecule is C/C(N)=C(/C=N)c1ccc(NC(=O)CNC(=O)c2ccnn2C)cc1. The normalized spacial score (nSPS) is 11.4. The summed E-state index contributed by atoms with van der Waals surface area (Å²) in [7, 11) is 1.65. The molecule has 1 aromatic heterocycles. The monoisotopic (exact) mass is 340 g/mol. The number of nitrogens with one attached hydrogen (secondary N) is 3. The van der Waals surface area contributed by atoms with E-state index in [0.717, 1.165) is 5.56 Å². The van der Waals surface area contributed by atoms with Crippen LogP contribution >= 0.6 is 0 Å². The number of nitrogens with two attached hydrogens (primary N) is 1. The molecule has 2 amide bonds. The van der Waals surface area contributed by atoms with Crippen LogP contribution in [0, 0.1) is 5.41 Å². The molecule has 8 heteroatoms. The van der Waals surface area contributed by atoms with Crippen molar-refractivity contribution in [3.05, 3.63) is 53.5 Å². The van der Waals surface area contributed by atoms with Gasteiger partial charge < -0.3 is 21.8 Å². The number of aryl methyl sites for hydroxylation is 1. The fraction of sp³-hybridized carbons (Fsp3) is 0.176. The average molecular weight is 340 g/mol. The molecular weight excluding hydrogens is 320 g/mol. The van der Waals surface area contributed by atoms with Crippen molar-refractivity contribution in [2.75, 3.05) is 11.9 Å². The van der Waals surface area contributed by atoms with Crippen LogP contribution in [0.3, 0.4) is 0 Å². The number of nitrogens with zero attached hydrogens (tertiary/aromatic N) is 2. The standard InChI is InChI=1S/C17H20N6O2/c1-11(19)14(9-18)12-3-5-13(6-4-12)22-16(24)10-20-17(25)15-7-8-21-23(15)2/h3-9,18H,10,19H2,1-2H3,(H,20,25)(H,22,24)/b14-11+,18-9?. The van der Waals surface area contributed by atoms with Crippen molar-refractivity contribution in [1.82, 2.24) is 15.1 Å². The summed E-state index contributed by atoms with van der Waals surface area (Å²) in [5.41, 5.74) is 8.65. The van der Waals surface area contributed by atoms with E-state index in [9.17, 15) is 9.59 Å². The minimum atomic E-state index is -0.371. The molecule has 2 rings (SSSR count). The van der Waals surface area contributed by atoms with Gasteiger partial charge >= 0.3 is 0 Å². The fourth-order valence-corrected chi connectivity index (χ4v) is 2.21. The number of amides is 2. The Morgan fingerprint density at radius 3 is 2.48 bits per heavy atom. The number of allylic oxidation sites excluding steroid dienone is 2. The van der Waals surface area contributed by atoms with Crippen molar-refractivity contribution in [2.45, 2.75) is 6.92 Å². The molecule has 0 unspecified atom stereocenters. The molecule has 0 atom stereocenters. The lowest BCUT2D eigenvalue weighted by Gasteiger charge is -2.09. The third kappa shape index (κ3) is 4.54.